The van der Waals surface area contributed by atoms with Crippen molar-refractivity contribution >= 4 is 0 Å². The van der Waals surface area contributed by atoms with Gasteiger partial charge in [0.25, 0.3) is 0 Å². The Kier molecular flexibility index (Phi) is 4.48. The van der Waals surface area contributed by atoms with Crippen molar-refractivity contribution in [1.82, 2.24) is 0 Å². The van der Waals surface area contributed by atoms with Crippen molar-refractivity contribution in [2.75, 3.05) is 0 Å². The number of benzene rings is 2. The lowest BCUT2D eigenvalue weighted by Crippen LogP contribution is -2.30. The third kappa shape index (κ3) is 2.83. The van der Waals surface area contributed by atoms with Crippen LogP contribution in [-0.2, 0) is 5.41 Å². The van der Waals surface area contributed by atoms with Crippen molar-refractivity contribution in [1.29, 1.82) is 0 Å². The SMILES string of the molecule is Cc1cc(C(C)(c2cc(C)c(O)c(C)c2)C(C)C)cc(C)c1O. The third-order valence-corrected chi connectivity index (χ3v) is 5.34. The van der Waals surface area contributed by atoms with Crippen LogP contribution in [0.2, 0.25) is 0 Å². The highest BCUT2D eigenvalue weighted by Crippen LogP contribution is 2.42. The molecule has 0 bridgehead atoms. The van der Waals surface area contributed by atoms with Gasteiger partial charge in [-0.05, 0) is 67.0 Å². The average Bonchev–Trinajstić information content (AvgIpc) is 2.48. The van der Waals surface area contributed by atoms with E-state index >= 15 is 0 Å². The molecule has 2 N–H and O–H groups in total. The summed E-state index contributed by atoms with van der Waals surface area (Å²) in [7, 11) is 0. The zero-order valence-corrected chi connectivity index (χ0v) is 15.3. The van der Waals surface area contributed by atoms with Crippen molar-refractivity contribution in [3.63, 3.8) is 0 Å². The largest absolute Gasteiger partial charge is 0.507 e. The van der Waals surface area contributed by atoms with Gasteiger partial charge in [-0.2, -0.15) is 0 Å². The first-order valence-corrected chi connectivity index (χ1v) is 8.20. The van der Waals surface area contributed by atoms with E-state index in [1.807, 2.05) is 27.7 Å². The fourth-order valence-corrected chi connectivity index (χ4v) is 3.34. The Morgan fingerprint density at radius 1 is 0.696 bits per heavy atom. The van der Waals surface area contributed by atoms with E-state index in [-0.39, 0.29) is 5.41 Å². The maximum Gasteiger partial charge on any atom is 0.121 e. The van der Waals surface area contributed by atoms with E-state index in [0.29, 0.717) is 17.4 Å². The van der Waals surface area contributed by atoms with Crippen LogP contribution in [0, 0.1) is 33.6 Å². The lowest BCUT2D eigenvalue weighted by molar-refractivity contribution is 0.401. The molecule has 0 aromatic heterocycles. The monoisotopic (exact) mass is 312 g/mol. The van der Waals surface area contributed by atoms with Crippen molar-refractivity contribution < 1.29 is 10.2 Å². The maximum atomic E-state index is 10.1. The van der Waals surface area contributed by atoms with Crippen LogP contribution in [-0.4, -0.2) is 10.2 Å². The Bertz CT molecular complexity index is 638. The fraction of sp³-hybridized carbons (Fsp3) is 0.429. The summed E-state index contributed by atoms with van der Waals surface area (Å²) in [4.78, 5) is 0. The molecule has 0 aliphatic rings. The first-order chi connectivity index (χ1) is 10.6. The van der Waals surface area contributed by atoms with Gasteiger partial charge in [-0.1, -0.05) is 45.0 Å². The minimum atomic E-state index is -0.188. The number of aromatic hydroxyl groups is 2. The van der Waals surface area contributed by atoms with Crippen LogP contribution in [0.1, 0.15) is 54.2 Å². The van der Waals surface area contributed by atoms with Crippen molar-refractivity contribution in [3.8, 4) is 11.5 Å². The van der Waals surface area contributed by atoms with Crippen LogP contribution in [0.15, 0.2) is 24.3 Å². The molecular weight excluding hydrogens is 284 g/mol. The van der Waals surface area contributed by atoms with Gasteiger partial charge in [-0.15, -0.1) is 0 Å². The Morgan fingerprint density at radius 3 is 1.17 bits per heavy atom. The molecular formula is C21H28O2. The summed E-state index contributed by atoms with van der Waals surface area (Å²) in [5.41, 5.74) is 5.82. The molecule has 2 aromatic rings. The molecule has 2 nitrogen and oxygen atoms in total. The summed E-state index contributed by atoms with van der Waals surface area (Å²) in [6.45, 7) is 14.5. The Morgan fingerprint density at radius 2 is 0.957 bits per heavy atom. The molecule has 2 heteroatoms. The van der Waals surface area contributed by atoms with E-state index < -0.39 is 0 Å². The molecule has 0 fully saturated rings. The number of phenols is 2. The molecule has 0 aliphatic carbocycles. The Hall–Kier alpha value is -1.96. The number of hydrogen-bond acceptors (Lipinski definition) is 2. The molecule has 0 aliphatic heterocycles. The van der Waals surface area contributed by atoms with E-state index in [9.17, 15) is 10.2 Å². The molecule has 2 aromatic carbocycles. The van der Waals surface area contributed by atoms with E-state index in [1.54, 1.807) is 0 Å². The molecule has 0 radical (unpaired) electrons. The van der Waals surface area contributed by atoms with E-state index in [4.69, 9.17) is 0 Å². The van der Waals surface area contributed by atoms with Crippen LogP contribution in [0.25, 0.3) is 0 Å². The minimum absolute atomic E-state index is 0.188. The van der Waals surface area contributed by atoms with Gasteiger partial charge in [0.05, 0.1) is 0 Å². The molecule has 0 unspecified atom stereocenters. The van der Waals surface area contributed by atoms with Gasteiger partial charge in [0.15, 0.2) is 0 Å². The van der Waals surface area contributed by atoms with Gasteiger partial charge < -0.3 is 10.2 Å². The number of phenolic OH excluding ortho intramolecular Hbond substituents is 2. The van der Waals surface area contributed by atoms with E-state index in [2.05, 4.69) is 45.0 Å². The number of aryl methyl sites for hydroxylation is 4. The first kappa shape index (κ1) is 17.4. The highest BCUT2D eigenvalue weighted by molar-refractivity contribution is 5.52. The predicted molar refractivity (Wildman–Crippen MR) is 96.5 cm³/mol. The number of rotatable bonds is 3. The molecule has 0 heterocycles. The average molecular weight is 312 g/mol. The maximum absolute atomic E-state index is 10.1. The topological polar surface area (TPSA) is 40.5 Å². The smallest absolute Gasteiger partial charge is 0.121 e. The lowest BCUT2D eigenvalue weighted by Gasteiger charge is -2.36. The molecule has 0 atom stereocenters. The van der Waals surface area contributed by atoms with E-state index in [1.165, 1.54) is 11.1 Å². The van der Waals surface area contributed by atoms with Crippen molar-refractivity contribution in [2.24, 2.45) is 5.92 Å². The van der Waals surface area contributed by atoms with Gasteiger partial charge in [0.1, 0.15) is 11.5 Å². The molecule has 23 heavy (non-hydrogen) atoms. The van der Waals surface area contributed by atoms with Gasteiger partial charge >= 0.3 is 0 Å². The van der Waals surface area contributed by atoms with Gasteiger partial charge in [0, 0.05) is 5.41 Å². The zero-order valence-electron chi connectivity index (χ0n) is 15.3. The normalized spacial score (nSPS) is 12.0. The van der Waals surface area contributed by atoms with Gasteiger partial charge in [-0.25, -0.2) is 0 Å². The standard InChI is InChI=1S/C21H28O2/c1-12(2)21(7,17-8-13(3)19(22)14(4)9-17)18-10-15(5)20(23)16(6)11-18/h8-12,22-23H,1-7H3. The molecule has 124 valence electrons. The van der Waals surface area contributed by atoms with Gasteiger partial charge in [0.2, 0.25) is 0 Å². The zero-order chi connectivity index (χ0) is 17.5. The van der Waals surface area contributed by atoms with E-state index in [0.717, 1.165) is 22.3 Å². The molecule has 0 amide bonds. The summed E-state index contributed by atoms with van der Waals surface area (Å²) >= 11 is 0. The highest BCUT2D eigenvalue weighted by Gasteiger charge is 2.34. The summed E-state index contributed by atoms with van der Waals surface area (Å²) in [6.07, 6.45) is 0. The molecule has 0 spiro atoms. The summed E-state index contributed by atoms with van der Waals surface area (Å²) < 4.78 is 0. The Balaban J connectivity index is 2.75. The Labute approximate surface area is 139 Å². The molecule has 0 saturated heterocycles. The highest BCUT2D eigenvalue weighted by atomic mass is 16.3. The van der Waals surface area contributed by atoms with Crippen LogP contribution in [0.5, 0.6) is 11.5 Å². The van der Waals surface area contributed by atoms with Crippen molar-refractivity contribution in [2.45, 2.75) is 53.9 Å². The predicted octanol–water partition coefficient (Wildman–Crippen LogP) is 5.29. The van der Waals surface area contributed by atoms with Crippen LogP contribution < -0.4 is 0 Å². The second kappa shape index (κ2) is 5.92. The minimum Gasteiger partial charge on any atom is -0.507 e. The van der Waals surface area contributed by atoms with Crippen LogP contribution in [0.4, 0.5) is 0 Å². The molecule has 2 rings (SSSR count). The summed E-state index contributed by atoms with van der Waals surface area (Å²) in [5, 5.41) is 20.2. The van der Waals surface area contributed by atoms with Crippen molar-refractivity contribution in [3.05, 3.63) is 57.6 Å². The van der Waals surface area contributed by atoms with Gasteiger partial charge in [-0.3, -0.25) is 0 Å². The quantitative estimate of drug-likeness (QED) is 0.808. The second-order valence-electron chi connectivity index (χ2n) is 7.27. The summed E-state index contributed by atoms with van der Waals surface area (Å²) in [5.74, 6) is 1.12. The van der Waals surface area contributed by atoms with Crippen LogP contribution >= 0.6 is 0 Å². The summed E-state index contributed by atoms with van der Waals surface area (Å²) in [6, 6.07) is 8.33. The lowest BCUT2D eigenvalue weighted by atomic mass is 9.67. The second-order valence-corrected chi connectivity index (χ2v) is 7.27. The third-order valence-electron chi connectivity index (χ3n) is 5.34. The fourth-order valence-electron chi connectivity index (χ4n) is 3.34. The number of hydrogen-bond donors (Lipinski definition) is 2. The van der Waals surface area contributed by atoms with Crippen LogP contribution in [0.3, 0.4) is 0 Å². The first-order valence-electron chi connectivity index (χ1n) is 8.20. The molecule has 0 saturated carbocycles.